The van der Waals surface area contributed by atoms with Crippen molar-refractivity contribution in [3.8, 4) is 0 Å². The molecule has 28 heavy (non-hydrogen) atoms. The van der Waals surface area contributed by atoms with E-state index in [1.807, 2.05) is 37.3 Å². The van der Waals surface area contributed by atoms with E-state index in [0.717, 1.165) is 47.6 Å². The Kier molecular flexibility index (Phi) is 4.65. The van der Waals surface area contributed by atoms with Gasteiger partial charge in [0.1, 0.15) is 0 Å². The monoisotopic (exact) mass is 377 g/mol. The van der Waals surface area contributed by atoms with Gasteiger partial charge in [0.25, 0.3) is 5.56 Å². The van der Waals surface area contributed by atoms with Gasteiger partial charge < -0.3 is 4.90 Å². The molecule has 3 aromatic rings. The smallest absolute Gasteiger partial charge is 0.266 e. The van der Waals surface area contributed by atoms with Gasteiger partial charge in [-0.05, 0) is 38.0 Å². The van der Waals surface area contributed by atoms with Crippen LogP contribution in [0.25, 0.3) is 11.0 Å². The molecule has 0 aliphatic carbocycles. The van der Waals surface area contributed by atoms with Crippen molar-refractivity contribution in [1.82, 2.24) is 19.7 Å². The minimum absolute atomic E-state index is 0.0545. The van der Waals surface area contributed by atoms with Crippen LogP contribution in [0.5, 0.6) is 0 Å². The molecular formula is C22H27N5O. The molecule has 1 aliphatic heterocycles. The summed E-state index contributed by atoms with van der Waals surface area (Å²) in [5.41, 5.74) is 3.52. The quantitative estimate of drug-likeness (QED) is 0.699. The van der Waals surface area contributed by atoms with E-state index in [9.17, 15) is 4.79 Å². The van der Waals surface area contributed by atoms with E-state index in [-0.39, 0.29) is 17.0 Å². The van der Waals surface area contributed by atoms with Crippen LogP contribution in [0.1, 0.15) is 45.0 Å². The first-order valence-corrected chi connectivity index (χ1v) is 9.91. The van der Waals surface area contributed by atoms with Crippen molar-refractivity contribution in [2.45, 2.75) is 58.5 Å². The highest BCUT2D eigenvalue weighted by Gasteiger charge is 2.29. The Bertz CT molecular complexity index is 1070. The Morgan fingerprint density at radius 3 is 2.50 bits per heavy atom. The summed E-state index contributed by atoms with van der Waals surface area (Å²) in [6, 6.07) is 11.6. The molecule has 146 valence electrons. The van der Waals surface area contributed by atoms with Crippen LogP contribution < -0.4 is 10.5 Å². The zero-order valence-electron chi connectivity index (χ0n) is 17.0. The fourth-order valence-corrected chi connectivity index (χ4v) is 3.83. The Balaban J connectivity index is 1.67. The van der Waals surface area contributed by atoms with Crippen LogP contribution in [0.3, 0.4) is 0 Å². The zero-order chi connectivity index (χ0) is 19.9. The number of fused-ring (bicyclic) bond motifs is 1. The van der Waals surface area contributed by atoms with Crippen LogP contribution in [0, 0.1) is 6.92 Å². The summed E-state index contributed by atoms with van der Waals surface area (Å²) in [7, 11) is 0. The fraction of sp³-hybridized carbons (Fsp3) is 0.455. The van der Waals surface area contributed by atoms with Crippen LogP contribution >= 0.6 is 0 Å². The minimum atomic E-state index is -0.0920. The number of benzene rings is 1. The summed E-state index contributed by atoms with van der Waals surface area (Å²) in [4.78, 5) is 24.3. The molecule has 6 nitrogen and oxygen atoms in total. The fourth-order valence-electron chi connectivity index (χ4n) is 3.83. The maximum atomic E-state index is 12.4. The normalized spacial score (nSPS) is 17.4. The molecule has 4 rings (SSSR count). The molecule has 0 saturated carbocycles. The van der Waals surface area contributed by atoms with E-state index in [1.165, 1.54) is 0 Å². The molecule has 0 N–H and O–H groups in total. The topological polar surface area (TPSA) is 63.9 Å². The largest absolute Gasteiger partial charge is 0.350 e. The van der Waals surface area contributed by atoms with Crippen LogP contribution in [0.4, 0.5) is 5.82 Å². The molecule has 1 aromatic carbocycles. The summed E-state index contributed by atoms with van der Waals surface area (Å²) in [5.74, 6) is 0.918. The summed E-state index contributed by atoms with van der Waals surface area (Å²) in [6.45, 7) is 9.83. The van der Waals surface area contributed by atoms with Gasteiger partial charge in [0, 0.05) is 18.0 Å². The second-order valence-electron chi connectivity index (χ2n) is 8.60. The molecule has 1 saturated heterocycles. The lowest BCUT2D eigenvalue weighted by atomic mass is 9.92. The van der Waals surface area contributed by atoms with Crippen molar-refractivity contribution in [1.29, 1.82) is 0 Å². The van der Waals surface area contributed by atoms with Gasteiger partial charge >= 0.3 is 0 Å². The first-order chi connectivity index (χ1) is 13.3. The van der Waals surface area contributed by atoms with Gasteiger partial charge in [-0.3, -0.25) is 4.79 Å². The Labute approximate surface area is 165 Å². The first-order valence-electron chi connectivity index (χ1n) is 9.91. The lowest BCUT2D eigenvalue weighted by Gasteiger charge is -2.27. The van der Waals surface area contributed by atoms with Crippen LogP contribution in [-0.4, -0.2) is 32.3 Å². The molecule has 1 fully saturated rings. The highest BCUT2D eigenvalue weighted by atomic mass is 16.1. The Hall–Kier alpha value is -2.76. The van der Waals surface area contributed by atoms with E-state index < -0.39 is 0 Å². The average Bonchev–Trinajstić information content (AvgIpc) is 3.10. The maximum Gasteiger partial charge on any atom is 0.266 e. The number of hydrogen-bond donors (Lipinski definition) is 0. The van der Waals surface area contributed by atoms with Gasteiger partial charge in [-0.15, -0.1) is 0 Å². The summed E-state index contributed by atoms with van der Waals surface area (Å²) < 4.78 is 1.62. The van der Waals surface area contributed by atoms with E-state index >= 15 is 0 Å². The first kappa shape index (κ1) is 18.6. The Morgan fingerprint density at radius 2 is 1.79 bits per heavy atom. The number of hydrogen-bond acceptors (Lipinski definition) is 5. The molecule has 0 spiro atoms. The standard InChI is InChI=1S/C22H27N5O/c1-15-21(24-18-10-6-5-9-17(18)23-15)26-13-7-8-16(26)14-27-20(28)12-11-19(25-27)22(2,3)4/h5-6,9-12,16H,7-8,13-14H2,1-4H3. The highest BCUT2D eigenvalue weighted by molar-refractivity contribution is 5.76. The summed E-state index contributed by atoms with van der Waals surface area (Å²) in [6.07, 6.45) is 2.09. The van der Waals surface area contributed by atoms with E-state index in [1.54, 1.807) is 10.7 Å². The minimum Gasteiger partial charge on any atom is -0.350 e. The molecule has 6 heteroatoms. The summed E-state index contributed by atoms with van der Waals surface area (Å²) >= 11 is 0. The predicted octanol–water partition coefficient (Wildman–Crippen LogP) is 3.46. The number of para-hydroxylation sites is 2. The molecular weight excluding hydrogens is 350 g/mol. The second kappa shape index (κ2) is 7.00. The maximum absolute atomic E-state index is 12.4. The summed E-state index contributed by atoms with van der Waals surface area (Å²) in [5, 5.41) is 4.65. The zero-order valence-corrected chi connectivity index (χ0v) is 17.0. The van der Waals surface area contributed by atoms with Gasteiger partial charge in [-0.2, -0.15) is 5.10 Å². The van der Waals surface area contributed by atoms with Gasteiger partial charge in [0.05, 0.1) is 35.0 Å². The third kappa shape index (κ3) is 3.51. The average molecular weight is 377 g/mol. The molecule has 1 unspecified atom stereocenters. The van der Waals surface area contributed by atoms with E-state index in [0.29, 0.717) is 6.54 Å². The lowest BCUT2D eigenvalue weighted by molar-refractivity contribution is 0.456. The molecule has 2 aromatic heterocycles. The third-order valence-electron chi connectivity index (χ3n) is 5.39. The number of rotatable bonds is 3. The number of nitrogens with zero attached hydrogens (tertiary/aromatic N) is 5. The SMILES string of the molecule is Cc1nc2ccccc2nc1N1CCCC1Cn1nc(C(C)(C)C)ccc1=O. The van der Waals surface area contributed by atoms with Crippen molar-refractivity contribution < 1.29 is 0 Å². The van der Waals surface area contributed by atoms with Crippen LogP contribution in [-0.2, 0) is 12.0 Å². The Morgan fingerprint density at radius 1 is 1.07 bits per heavy atom. The third-order valence-corrected chi connectivity index (χ3v) is 5.39. The molecule has 3 heterocycles. The van der Waals surface area contributed by atoms with Crippen molar-refractivity contribution in [2.75, 3.05) is 11.4 Å². The van der Waals surface area contributed by atoms with Crippen molar-refractivity contribution in [3.05, 3.63) is 58.1 Å². The molecule has 0 radical (unpaired) electrons. The second-order valence-corrected chi connectivity index (χ2v) is 8.60. The van der Waals surface area contributed by atoms with E-state index in [2.05, 4.69) is 30.8 Å². The number of aryl methyl sites for hydroxylation is 1. The lowest BCUT2D eigenvalue weighted by Crippen LogP contribution is -2.38. The molecule has 0 amide bonds. The van der Waals surface area contributed by atoms with Crippen LogP contribution in [0.2, 0.25) is 0 Å². The highest BCUT2D eigenvalue weighted by Crippen LogP contribution is 2.28. The molecule has 1 atom stereocenters. The van der Waals surface area contributed by atoms with Gasteiger partial charge in [-0.1, -0.05) is 32.9 Å². The van der Waals surface area contributed by atoms with Gasteiger partial charge in [0.2, 0.25) is 0 Å². The predicted molar refractivity (Wildman–Crippen MR) is 112 cm³/mol. The molecule has 1 aliphatic rings. The van der Waals surface area contributed by atoms with Crippen molar-refractivity contribution in [2.24, 2.45) is 0 Å². The van der Waals surface area contributed by atoms with Crippen molar-refractivity contribution >= 4 is 16.9 Å². The number of anilines is 1. The van der Waals surface area contributed by atoms with E-state index in [4.69, 9.17) is 9.97 Å². The van der Waals surface area contributed by atoms with Gasteiger partial charge in [-0.25, -0.2) is 14.6 Å². The number of aromatic nitrogens is 4. The van der Waals surface area contributed by atoms with Gasteiger partial charge in [0.15, 0.2) is 5.82 Å². The van der Waals surface area contributed by atoms with Crippen molar-refractivity contribution in [3.63, 3.8) is 0 Å². The molecule has 0 bridgehead atoms. The van der Waals surface area contributed by atoms with Crippen LogP contribution in [0.15, 0.2) is 41.2 Å².